The molecule has 6 nitrogen and oxygen atoms in total. The van der Waals surface area contributed by atoms with E-state index in [1.54, 1.807) is 25.1 Å². The molecule has 1 N–H and O–H groups in total. The fraction of sp³-hybridized carbons (Fsp3) is 0.267. The maximum atomic E-state index is 11.5. The van der Waals surface area contributed by atoms with E-state index < -0.39 is 10.9 Å². The van der Waals surface area contributed by atoms with Crippen LogP contribution in [-0.4, -0.2) is 29.7 Å². The Labute approximate surface area is 131 Å². The van der Waals surface area contributed by atoms with Gasteiger partial charge in [0.2, 0.25) is 0 Å². The molecule has 1 heterocycles. The van der Waals surface area contributed by atoms with Gasteiger partial charge in [-0.15, -0.1) is 11.3 Å². The monoisotopic (exact) mass is 321 g/mol. The minimum atomic E-state index is -1.03. The molecule has 7 heteroatoms. The lowest BCUT2D eigenvalue weighted by Gasteiger charge is -2.06. The maximum Gasteiger partial charge on any atom is 0.336 e. The lowest BCUT2D eigenvalue weighted by Crippen LogP contribution is -2.01. The summed E-state index contributed by atoms with van der Waals surface area (Å²) in [6.45, 7) is 2.08. The van der Waals surface area contributed by atoms with E-state index in [4.69, 9.17) is 9.84 Å². The SMILES string of the molecule is COCCc1cccc(-c2cc(C(=O)O)c(C)s2)c1[N+](=O)[O-]. The summed E-state index contributed by atoms with van der Waals surface area (Å²) >= 11 is 1.24. The zero-order valence-corrected chi connectivity index (χ0v) is 13.0. The van der Waals surface area contributed by atoms with E-state index in [-0.39, 0.29) is 11.3 Å². The van der Waals surface area contributed by atoms with E-state index in [9.17, 15) is 14.9 Å². The number of carbonyl (C=O) groups is 1. The summed E-state index contributed by atoms with van der Waals surface area (Å²) in [6, 6.07) is 6.57. The number of rotatable bonds is 6. The van der Waals surface area contributed by atoms with Crippen molar-refractivity contribution < 1.29 is 19.6 Å². The molecule has 0 radical (unpaired) electrons. The number of hydrogen-bond donors (Lipinski definition) is 1. The van der Waals surface area contributed by atoms with Crippen molar-refractivity contribution in [3.8, 4) is 10.4 Å². The lowest BCUT2D eigenvalue weighted by atomic mass is 10.0. The average molecular weight is 321 g/mol. The van der Waals surface area contributed by atoms with Crippen LogP contribution < -0.4 is 0 Å². The van der Waals surface area contributed by atoms with Crippen molar-refractivity contribution in [2.24, 2.45) is 0 Å². The molecule has 0 aliphatic carbocycles. The Balaban J connectivity index is 2.57. The van der Waals surface area contributed by atoms with Crippen LogP contribution in [0.5, 0.6) is 0 Å². The fourth-order valence-corrected chi connectivity index (χ4v) is 3.28. The molecule has 0 aliphatic rings. The van der Waals surface area contributed by atoms with Crippen molar-refractivity contribution in [2.45, 2.75) is 13.3 Å². The zero-order valence-electron chi connectivity index (χ0n) is 12.2. The van der Waals surface area contributed by atoms with Gasteiger partial charge >= 0.3 is 5.97 Å². The number of carboxylic acid groups (broad SMARTS) is 1. The van der Waals surface area contributed by atoms with Crippen LogP contribution in [0, 0.1) is 17.0 Å². The van der Waals surface area contributed by atoms with Crippen molar-refractivity contribution in [2.75, 3.05) is 13.7 Å². The van der Waals surface area contributed by atoms with Crippen molar-refractivity contribution in [3.05, 3.63) is 50.4 Å². The molecule has 2 aromatic rings. The van der Waals surface area contributed by atoms with Gasteiger partial charge in [0.15, 0.2) is 0 Å². The standard InChI is InChI=1S/C15H15NO5S/c1-9-12(15(17)18)8-13(22-9)11-5-3-4-10(6-7-21-2)14(11)16(19)20/h3-5,8H,6-7H2,1-2H3,(H,17,18). The first-order valence-electron chi connectivity index (χ1n) is 6.55. The Morgan fingerprint density at radius 2 is 2.18 bits per heavy atom. The smallest absolute Gasteiger partial charge is 0.336 e. The van der Waals surface area contributed by atoms with E-state index in [1.807, 2.05) is 0 Å². The van der Waals surface area contributed by atoms with Crippen LogP contribution in [0.25, 0.3) is 10.4 Å². The number of ether oxygens (including phenoxy) is 1. The van der Waals surface area contributed by atoms with Crippen LogP contribution in [0.1, 0.15) is 20.8 Å². The molecular weight excluding hydrogens is 306 g/mol. The number of nitro benzene ring substituents is 1. The number of benzene rings is 1. The molecule has 0 fully saturated rings. The van der Waals surface area contributed by atoms with Gasteiger partial charge in [0, 0.05) is 28.8 Å². The highest BCUT2D eigenvalue weighted by Crippen LogP contribution is 2.38. The average Bonchev–Trinajstić information content (AvgIpc) is 2.86. The maximum absolute atomic E-state index is 11.5. The quantitative estimate of drug-likeness (QED) is 0.649. The number of nitrogens with zero attached hydrogens (tertiary/aromatic N) is 1. The minimum absolute atomic E-state index is 0.0118. The molecule has 0 unspecified atom stereocenters. The highest BCUT2D eigenvalue weighted by molar-refractivity contribution is 7.15. The Morgan fingerprint density at radius 3 is 2.73 bits per heavy atom. The van der Waals surface area contributed by atoms with Crippen molar-refractivity contribution in [1.82, 2.24) is 0 Å². The lowest BCUT2D eigenvalue weighted by molar-refractivity contribution is -0.384. The Kier molecular flexibility index (Phi) is 4.89. The van der Waals surface area contributed by atoms with Crippen LogP contribution in [0.2, 0.25) is 0 Å². The van der Waals surface area contributed by atoms with E-state index in [0.29, 0.717) is 33.9 Å². The van der Waals surface area contributed by atoms with Crippen LogP contribution in [0.15, 0.2) is 24.3 Å². The van der Waals surface area contributed by atoms with Gasteiger partial charge in [0.1, 0.15) is 0 Å². The van der Waals surface area contributed by atoms with Gasteiger partial charge in [0.25, 0.3) is 5.69 Å². The summed E-state index contributed by atoms with van der Waals surface area (Å²) in [5.41, 5.74) is 1.21. The Bertz CT molecular complexity index is 723. The summed E-state index contributed by atoms with van der Waals surface area (Å²) in [6.07, 6.45) is 0.427. The topological polar surface area (TPSA) is 89.7 Å². The number of thiophene rings is 1. The zero-order chi connectivity index (χ0) is 16.3. The molecule has 116 valence electrons. The molecule has 1 aromatic heterocycles. The third-order valence-electron chi connectivity index (χ3n) is 3.29. The molecule has 0 amide bonds. The van der Waals surface area contributed by atoms with Gasteiger partial charge in [-0.25, -0.2) is 4.79 Å². The van der Waals surface area contributed by atoms with E-state index in [0.717, 1.165) is 0 Å². The number of para-hydroxylation sites is 1. The summed E-state index contributed by atoms with van der Waals surface area (Å²) in [5, 5.41) is 20.6. The highest BCUT2D eigenvalue weighted by Gasteiger charge is 2.23. The van der Waals surface area contributed by atoms with Gasteiger partial charge in [-0.1, -0.05) is 12.1 Å². The highest BCUT2D eigenvalue weighted by atomic mass is 32.1. The summed E-state index contributed by atoms with van der Waals surface area (Å²) in [5.74, 6) is -1.03. The predicted molar refractivity (Wildman–Crippen MR) is 83.7 cm³/mol. The fourth-order valence-electron chi connectivity index (χ4n) is 2.25. The van der Waals surface area contributed by atoms with Gasteiger partial charge < -0.3 is 9.84 Å². The Morgan fingerprint density at radius 1 is 1.45 bits per heavy atom. The van der Waals surface area contributed by atoms with Crippen molar-refractivity contribution in [3.63, 3.8) is 0 Å². The molecule has 1 aromatic carbocycles. The first kappa shape index (κ1) is 16.1. The third-order valence-corrected chi connectivity index (χ3v) is 4.38. The van der Waals surface area contributed by atoms with Gasteiger partial charge in [-0.3, -0.25) is 10.1 Å². The third kappa shape index (κ3) is 3.15. The molecule has 0 saturated carbocycles. The molecule has 0 saturated heterocycles. The first-order valence-corrected chi connectivity index (χ1v) is 7.36. The number of hydrogen-bond acceptors (Lipinski definition) is 5. The number of aryl methyl sites for hydroxylation is 1. The number of methoxy groups -OCH3 is 1. The molecule has 0 bridgehead atoms. The van der Waals surface area contributed by atoms with Gasteiger partial charge in [0.05, 0.1) is 22.7 Å². The van der Waals surface area contributed by atoms with E-state index >= 15 is 0 Å². The second kappa shape index (κ2) is 6.67. The van der Waals surface area contributed by atoms with Crippen LogP contribution >= 0.6 is 11.3 Å². The molecule has 2 rings (SSSR count). The molecule has 22 heavy (non-hydrogen) atoms. The first-order chi connectivity index (χ1) is 10.5. The largest absolute Gasteiger partial charge is 0.478 e. The van der Waals surface area contributed by atoms with Gasteiger partial charge in [-0.05, 0) is 19.1 Å². The van der Waals surface area contributed by atoms with Crippen LogP contribution in [0.4, 0.5) is 5.69 Å². The normalized spacial score (nSPS) is 10.6. The summed E-state index contributed by atoms with van der Waals surface area (Å²) in [4.78, 5) is 23.4. The molecule has 0 spiro atoms. The number of carboxylic acids is 1. The van der Waals surface area contributed by atoms with E-state index in [2.05, 4.69) is 0 Å². The number of aromatic carboxylic acids is 1. The van der Waals surface area contributed by atoms with Crippen LogP contribution in [0.3, 0.4) is 0 Å². The van der Waals surface area contributed by atoms with E-state index in [1.165, 1.54) is 24.5 Å². The second-order valence-corrected chi connectivity index (χ2v) is 5.96. The number of nitro groups is 1. The molecule has 0 aliphatic heterocycles. The van der Waals surface area contributed by atoms with Crippen molar-refractivity contribution in [1.29, 1.82) is 0 Å². The molecular formula is C15H15NO5S. The van der Waals surface area contributed by atoms with Gasteiger partial charge in [-0.2, -0.15) is 0 Å². The predicted octanol–water partition coefficient (Wildman–Crippen LogP) is 3.52. The Hall–Kier alpha value is -2.25. The second-order valence-electron chi connectivity index (χ2n) is 4.70. The molecule has 0 atom stereocenters. The summed E-state index contributed by atoms with van der Waals surface area (Å²) in [7, 11) is 1.54. The van der Waals surface area contributed by atoms with Crippen LogP contribution in [-0.2, 0) is 11.2 Å². The minimum Gasteiger partial charge on any atom is -0.478 e. The summed E-state index contributed by atoms with van der Waals surface area (Å²) < 4.78 is 4.98. The van der Waals surface area contributed by atoms with Crippen molar-refractivity contribution >= 4 is 23.0 Å².